The number of alkyl halides is 3. The van der Waals surface area contributed by atoms with Gasteiger partial charge in [-0.05, 0) is 42.8 Å². The molecular weight excluding hydrogens is 282 g/mol. The van der Waals surface area contributed by atoms with Gasteiger partial charge in [0.2, 0.25) is 0 Å². The lowest BCUT2D eigenvalue weighted by molar-refractivity contribution is -0.138. The van der Waals surface area contributed by atoms with Crippen LogP contribution in [0.5, 0.6) is 0 Å². The van der Waals surface area contributed by atoms with E-state index in [1.54, 1.807) is 25.2 Å². The lowest BCUT2D eigenvalue weighted by atomic mass is 9.94. The Kier molecular flexibility index (Phi) is 4.63. The molecule has 1 unspecified atom stereocenters. The van der Waals surface area contributed by atoms with Crippen LogP contribution in [0.2, 0.25) is 0 Å². The molecule has 0 radical (unpaired) electrons. The Morgan fingerprint density at radius 1 is 1.05 bits per heavy atom. The molecule has 0 aliphatic carbocycles. The maximum absolute atomic E-state index is 13.2. The molecule has 0 bridgehead atoms. The monoisotopic (exact) mass is 297 g/mol. The largest absolute Gasteiger partial charge is 0.416 e. The maximum Gasteiger partial charge on any atom is 0.416 e. The number of nitrogens with one attached hydrogen (secondary N) is 1. The molecule has 0 aromatic heterocycles. The zero-order chi connectivity index (χ0) is 15.5. The Morgan fingerprint density at radius 2 is 1.76 bits per heavy atom. The number of likely N-dealkylation sites (N-methyl/N-ethyl adjacent to an activating group) is 1. The fourth-order valence-electron chi connectivity index (χ4n) is 2.33. The summed E-state index contributed by atoms with van der Waals surface area (Å²) in [6, 6.07) is 10.8. The lowest BCUT2D eigenvalue weighted by Gasteiger charge is -2.21. The van der Waals surface area contributed by atoms with E-state index < -0.39 is 23.6 Å². The van der Waals surface area contributed by atoms with Gasteiger partial charge in [0.15, 0.2) is 0 Å². The van der Waals surface area contributed by atoms with Crippen molar-refractivity contribution in [2.75, 3.05) is 7.05 Å². The fraction of sp³-hybridized carbons (Fsp3) is 0.250. The van der Waals surface area contributed by atoms with Gasteiger partial charge in [-0.25, -0.2) is 4.39 Å². The van der Waals surface area contributed by atoms with Crippen LogP contribution in [0.4, 0.5) is 17.6 Å². The van der Waals surface area contributed by atoms with E-state index in [1.165, 1.54) is 24.3 Å². The van der Waals surface area contributed by atoms with Crippen molar-refractivity contribution in [3.05, 3.63) is 71.0 Å². The molecule has 0 fully saturated rings. The number of hydrogen-bond acceptors (Lipinski definition) is 1. The van der Waals surface area contributed by atoms with Gasteiger partial charge < -0.3 is 5.32 Å². The predicted molar refractivity (Wildman–Crippen MR) is 73.3 cm³/mol. The highest BCUT2D eigenvalue weighted by molar-refractivity contribution is 5.34. The summed E-state index contributed by atoms with van der Waals surface area (Å²) in [5.41, 5.74) is 0.142. The summed E-state index contributed by atoms with van der Waals surface area (Å²) in [5, 5.41) is 2.88. The topological polar surface area (TPSA) is 12.0 Å². The highest BCUT2D eigenvalue weighted by Crippen LogP contribution is 2.35. The molecule has 1 atom stereocenters. The van der Waals surface area contributed by atoms with Gasteiger partial charge in [0.1, 0.15) is 5.82 Å². The van der Waals surface area contributed by atoms with Crippen LogP contribution in [-0.2, 0) is 12.6 Å². The van der Waals surface area contributed by atoms with Crippen LogP contribution in [-0.4, -0.2) is 7.05 Å². The van der Waals surface area contributed by atoms with Crippen molar-refractivity contribution >= 4 is 0 Å². The third-order valence-electron chi connectivity index (χ3n) is 3.32. The van der Waals surface area contributed by atoms with E-state index in [9.17, 15) is 17.6 Å². The Balaban J connectivity index is 2.34. The predicted octanol–water partition coefficient (Wildman–Crippen LogP) is 4.35. The van der Waals surface area contributed by atoms with E-state index in [4.69, 9.17) is 0 Å². The molecule has 21 heavy (non-hydrogen) atoms. The fourth-order valence-corrected chi connectivity index (χ4v) is 2.33. The summed E-state index contributed by atoms with van der Waals surface area (Å²) in [7, 11) is 1.59. The van der Waals surface area contributed by atoms with Gasteiger partial charge >= 0.3 is 6.18 Å². The van der Waals surface area contributed by atoms with Crippen LogP contribution in [0, 0.1) is 5.82 Å². The zero-order valence-electron chi connectivity index (χ0n) is 11.4. The van der Waals surface area contributed by atoms with E-state index >= 15 is 0 Å². The second-order valence-corrected chi connectivity index (χ2v) is 4.76. The number of halogens is 4. The van der Waals surface area contributed by atoms with E-state index in [-0.39, 0.29) is 12.0 Å². The third kappa shape index (κ3) is 3.82. The van der Waals surface area contributed by atoms with Crippen LogP contribution in [0.1, 0.15) is 22.7 Å². The smallest absolute Gasteiger partial charge is 0.313 e. The van der Waals surface area contributed by atoms with Gasteiger partial charge in [-0.3, -0.25) is 0 Å². The van der Waals surface area contributed by atoms with Crippen molar-refractivity contribution in [1.82, 2.24) is 5.32 Å². The minimum Gasteiger partial charge on any atom is -0.313 e. The highest BCUT2D eigenvalue weighted by atomic mass is 19.4. The van der Waals surface area contributed by atoms with E-state index in [1.807, 2.05) is 0 Å². The molecule has 0 spiro atoms. The number of hydrogen-bond donors (Lipinski definition) is 1. The first-order valence-corrected chi connectivity index (χ1v) is 6.49. The van der Waals surface area contributed by atoms with Crippen LogP contribution >= 0.6 is 0 Å². The van der Waals surface area contributed by atoms with E-state index in [2.05, 4.69) is 5.32 Å². The quantitative estimate of drug-likeness (QED) is 0.827. The SMILES string of the molecule is CNC(Cc1cccc(F)c1)c1ccccc1C(F)(F)F. The standard InChI is InChI=1S/C16H15F4N/c1-21-15(10-11-5-4-6-12(17)9-11)13-7-2-3-8-14(13)16(18,19)20/h2-9,15,21H,10H2,1H3. The molecule has 1 N–H and O–H groups in total. The molecule has 1 nitrogen and oxygen atoms in total. The number of rotatable bonds is 4. The molecule has 112 valence electrons. The first kappa shape index (κ1) is 15.5. The molecule has 2 aromatic rings. The maximum atomic E-state index is 13.2. The van der Waals surface area contributed by atoms with Gasteiger partial charge in [0.05, 0.1) is 5.56 Å². The first-order chi connectivity index (χ1) is 9.91. The second-order valence-electron chi connectivity index (χ2n) is 4.76. The van der Waals surface area contributed by atoms with Crippen LogP contribution < -0.4 is 5.32 Å². The third-order valence-corrected chi connectivity index (χ3v) is 3.32. The molecule has 2 aromatic carbocycles. The Morgan fingerprint density at radius 3 is 2.38 bits per heavy atom. The first-order valence-electron chi connectivity index (χ1n) is 6.49. The average Bonchev–Trinajstić information content (AvgIpc) is 2.44. The summed E-state index contributed by atoms with van der Waals surface area (Å²) < 4.78 is 52.4. The Bertz CT molecular complexity index is 607. The molecule has 2 rings (SSSR count). The summed E-state index contributed by atoms with van der Waals surface area (Å²) >= 11 is 0. The Hall–Kier alpha value is -1.88. The van der Waals surface area contributed by atoms with Crippen molar-refractivity contribution in [2.24, 2.45) is 0 Å². The molecular formula is C16H15F4N. The minimum absolute atomic E-state index is 0.164. The highest BCUT2D eigenvalue weighted by Gasteiger charge is 2.34. The minimum atomic E-state index is -4.41. The van der Waals surface area contributed by atoms with Gasteiger partial charge in [-0.2, -0.15) is 13.2 Å². The molecule has 0 heterocycles. The molecule has 0 saturated heterocycles. The molecule has 0 aliphatic heterocycles. The van der Waals surface area contributed by atoms with Gasteiger partial charge in [0.25, 0.3) is 0 Å². The second kappa shape index (κ2) is 6.26. The van der Waals surface area contributed by atoms with Crippen LogP contribution in [0.25, 0.3) is 0 Å². The molecule has 0 amide bonds. The summed E-state index contributed by atoms with van der Waals surface area (Å²) in [5.74, 6) is -0.397. The average molecular weight is 297 g/mol. The molecule has 0 saturated carbocycles. The Labute approximate surface area is 120 Å². The van der Waals surface area contributed by atoms with Crippen molar-refractivity contribution < 1.29 is 17.6 Å². The zero-order valence-corrected chi connectivity index (χ0v) is 11.4. The summed E-state index contributed by atoms with van der Waals surface area (Å²) in [6.45, 7) is 0. The summed E-state index contributed by atoms with van der Waals surface area (Å²) in [4.78, 5) is 0. The number of benzene rings is 2. The van der Waals surface area contributed by atoms with Crippen molar-refractivity contribution in [1.29, 1.82) is 0 Å². The van der Waals surface area contributed by atoms with E-state index in [0.717, 1.165) is 6.07 Å². The normalized spacial score (nSPS) is 13.2. The van der Waals surface area contributed by atoms with Crippen molar-refractivity contribution in [3.8, 4) is 0 Å². The van der Waals surface area contributed by atoms with Crippen molar-refractivity contribution in [3.63, 3.8) is 0 Å². The van der Waals surface area contributed by atoms with Gasteiger partial charge in [0, 0.05) is 6.04 Å². The van der Waals surface area contributed by atoms with Gasteiger partial charge in [-0.1, -0.05) is 30.3 Å². The molecule has 0 aliphatic rings. The van der Waals surface area contributed by atoms with Crippen LogP contribution in [0.15, 0.2) is 48.5 Å². The van der Waals surface area contributed by atoms with E-state index in [0.29, 0.717) is 5.56 Å². The van der Waals surface area contributed by atoms with Crippen LogP contribution in [0.3, 0.4) is 0 Å². The molecule has 5 heteroatoms. The van der Waals surface area contributed by atoms with Gasteiger partial charge in [-0.15, -0.1) is 0 Å². The van der Waals surface area contributed by atoms with Crippen molar-refractivity contribution in [2.45, 2.75) is 18.6 Å². The lowest BCUT2D eigenvalue weighted by Crippen LogP contribution is -2.22. The summed E-state index contributed by atoms with van der Waals surface area (Å²) in [6.07, 6.45) is -4.13.